The predicted molar refractivity (Wildman–Crippen MR) is 72.2 cm³/mol. The highest BCUT2D eigenvalue weighted by molar-refractivity contribution is 5.85. The standard InChI is InChI=1S/C14H15N3O2/c1-10(2)8-17-14(12(9-18)15-16-17)11-6-4-5-7-13(11)19-3/h4-7,9H,1,8H2,2-3H3. The van der Waals surface area contributed by atoms with Gasteiger partial charge in [0.05, 0.1) is 13.7 Å². The van der Waals surface area contributed by atoms with E-state index in [-0.39, 0.29) is 0 Å². The topological polar surface area (TPSA) is 57.0 Å². The molecule has 5 nitrogen and oxygen atoms in total. The lowest BCUT2D eigenvalue weighted by Gasteiger charge is -2.10. The zero-order chi connectivity index (χ0) is 13.8. The molecule has 0 saturated carbocycles. The Morgan fingerprint density at radius 2 is 2.21 bits per heavy atom. The SMILES string of the molecule is C=C(C)Cn1nnc(C=O)c1-c1ccccc1OC. The summed E-state index contributed by atoms with van der Waals surface area (Å²) in [7, 11) is 1.59. The molecule has 98 valence electrons. The number of allylic oxidation sites excluding steroid dienone is 1. The van der Waals surface area contributed by atoms with Crippen LogP contribution in [0.25, 0.3) is 11.3 Å². The smallest absolute Gasteiger partial charge is 0.172 e. The fourth-order valence-electron chi connectivity index (χ4n) is 1.89. The van der Waals surface area contributed by atoms with Gasteiger partial charge in [0.25, 0.3) is 0 Å². The van der Waals surface area contributed by atoms with Crippen LogP contribution in [0.1, 0.15) is 17.4 Å². The number of nitrogens with zero attached hydrogens (tertiary/aromatic N) is 3. The maximum Gasteiger partial charge on any atom is 0.172 e. The van der Waals surface area contributed by atoms with E-state index in [9.17, 15) is 4.79 Å². The summed E-state index contributed by atoms with van der Waals surface area (Å²) in [6, 6.07) is 7.46. The van der Waals surface area contributed by atoms with Gasteiger partial charge < -0.3 is 4.74 Å². The Hall–Kier alpha value is -2.43. The quantitative estimate of drug-likeness (QED) is 0.609. The maximum atomic E-state index is 11.1. The number of ether oxygens (including phenoxy) is 1. The lowest BCUT2D eigenvalue weighted by molar-refractivity contribution is 0.111. The molecule has 1 aromatic carbocycles. The van der Waals surface area contributed by atoms with Gasteiger partial charge in [-0.1, -0.05) is 29.5 Å². The molecule has 0 spiro atoms. The van der Waals surface area contributed by atoms with Crippen molar-refractivity contribution in [1.82, 2.24) is 15.0 Å². The highest BCUT2D eigenvalue weighted by Gasteiger charge is 2.17. The van der Waals surface area contributed by atoms with Gasteiger partial charge in [0, 0.05) is 5.56 Å². The molecule has 0 fully saturated rings. The first kappa shape index (κ1) is 13.0. The van der Waals surface area contributed by atoms with Crippen LogP contribution in [0.4, 0.5) is 0 Å². The van der Waals surface area contributed by atoms with Crippen molar-refractivity contribution in [3.63, 3.8) is 0 Å². The van der Waals surface area contributed by atoms with Crippen LogP contribution in [-0.4, -0.2) is 28.4 Å². The third-order valence-electron chi connectivity index (χ3n) is 2.65. The third-order valence-corrected chi connectivity index (χ3v) is 2.65. The van der Waals surface area contributed by atoms with Gasteiger partial charge in [-0.25, -0.2) is 4.68 Å². The van der Waals surface area contributed by atoms with Crippen LogP contribution in [0.3, 0.4) is 0 Å². The molecular formula is C14H15N3O2. The summed E-state index contributed by atoms with van der Waals surface area (Å²) in [5.74, 6) is 0.677. The largest absolute Gasteiger partial charge is 0.496 e. The zero-order valence-electron chi connectivity index (χ0n) is 11.0. The van der Waals surface area contributed by atoms with Gasteiger partial charge in [-0.15, -0.1) is 5.10 Å². The van der Waals surface area contributed by atoms with E-state index < -0.39 is 0 Å². The minimum absolute atomic E-state index is 0.297. The number of benzene rings is 1. The first-order chi connectivity index (χ1) is 9.17. The molecule has 19 heavy (non-hydrogen) atoms. The number of methoxy groups -OCH3 is 1. The number of hydrogen-bond donors (Lipinski definition) is 0. The molecule has 0 aliphatic carbocycles. The summed E-state index contributed by atoms with van der Waals surface area (Å²) in [6.07, 6.45) is 0.698. The van der Waals surface area contributed by atoms with Crippen molar-refractivity contribution in [2.75, 3.05) is 7.11 Å². The zero-order valence-corrected chi connectivity index (χ0v) is 11.0. The van der Waals surface area contributed by atoms with Gasteiger partial charge >= 0.3 is 0 Å². The highest BCUT2D eigenvalue weighted by Crippen LogP contribution is 2.30. The second kappa shape index (κ2) is 5.48. The minimum Gasteiger partial charge on any atom is -0.496 e. The molecule has 0 amide bonds. The molecule has 0 aliphatic heterocycles. The van der Waals surface area contributed by atoms with Crippen LogP contribution in [0.2, 0.25) is 0 Å². The molecule has 1 heterocycles. The van der Waals surface area contributed by atoms with Crippen LogP contribution >= 0.6 is 0 Å². The third kappa shape index (κ3) is 2.54. The van der Waals surface area contributed by atoms with Crippen molar-refractivity contribution in [3.8, 4) is 17.0 Å². The Kier molecular flexibility index (Phi) is 3.75. The molecule has 2 rings (SSSR count). The Bertz CT molecular complexity index is 617. The second-order valence-electron chi connectivity index (χ2n) is 4.26. The van der Waals surface area contributed by atoms with E-state index in [1.165, 1.54) is 0 Å². The fourth-order valence-corrected chi connectivity index (χ4v) is 1.89. The summed E-state index contributed by atoms with van der Waals surface area (Å²) in [4.78, 5) is 11.1. The second-order valence-corrected chi connectivity index (χ2v) is 4.26. The van der Waals surface area contributed by atoms with Gasteiger partial charge in [-0.2, -0.15) is 0 Å². The van der Waals surface area contributed by atoms with Crippen LogP contribution in [0.15, 0.2) is 36.4 Å². The van der Waals surface area contributed by atoms with Gasteiger partial charge in [-0.05, 0) is 19.1 Å². The first-order valence-electron chi connectivity index (χ1n) is 5.83. The van der Waals surface area contributed by atoms with Crippen molar-refractivity contribution in [1.29, 1.82) is 0 Å². The van der Waals surface area contributed by atoms with Gasteiger partial charge in [-0.3, -0.25) is 4.79 Å². The number of rotatable bonds is 5. The Morgan fingerprint density at radius 1 is 1.47 bits per heavy atom. The van der Waals surface area contributed by atoms with Crippen molar-refractivity contribution in [2.24, 2.45) is 0 Å². The number of aldehydes is 1. The lowest BCUT2D eigenvalue weighted by atomic mass is 10.1. The van der Waals surface area contributed by atoms with E-state index in [1.54, 1.807) is 11.8 Å². The van der Waals surface area contributed by atoms with Crippen molar-refractivity contribution in [2.45, 2.75) is 13.5 Å². The van der Waals surface area contributed by atoms with E-state index in [1.807, 2.05) is 31.2 Å². The molecule has 0 bridgehead atoms. The Balaban J connectivity index is 2.61. The van der Waals surface area contributed by atoms with Crippen molar-refractivity contribution < 1.29 is 9.53 Å². The molecular weight excluding hydrogens is 242 g/mol. The average molecular weight is 257 g/mol. The first-order valence-corrected chi connectivity index (χ1v) is 5.83. The predicted octanol–water partition coefficient (Wildman–Crippen LogP) is 2.34. The number of carbonyl (C=O) groups excluding carboxylic acids is 1. The van der Waals surface area contributed by atoms with E-state index in [0.717, 1.165) is 11.1 Å². The van der Waals surface area contributed by atoms with Crippen molar-refractivity contribution in [3.05, 3.63) is 42.1 Å². The van der Waals surface area contributed by atoms with Crippen LogP contribution in [-0.2, 0) is 6.54 Å². The molecule has 1 aromatic heterocycles. The molecule has 0 atom stereocenters. The monoisotopic (exact) mass is 257 g/mol. The van der Waals surface area contributed by atoms with Gasteiger partial charge in [0.2, 0.25) is 0 Å². The van der Waals surface area contributed by atoms with Crippen LogP contribution in [0, 0.1) is 0 Å². The van der Waals surface area contributed by atoms with E-state index in [0.29, 0.717) is 30.0 Å². The number of carbonyl (C=O) groups is 1. The molecule has 0 unspecified atom stereocenters. The number of hydrogen-bond acceptors (Lipinski definition) is 4. The Morgan fingerprint density at radius 3 is 2.84 bits per heavy atom. The maximum absolute atomic E-state index is 11.1. The van der Waals surface area contributed by atoms with Gasteiger partial charge in [0.15, 0.2) is 12.0 Å². The molecule has 0 aliphatic rings. The normalized spacial score (nSPS) is 10.2. The van der Waals surface area contributed by atoms with Crippen LogP contribution in [0.5, 0.6) is 5.75 Å². The van der Waals surface area contributed by atoms with Crippen molar-refractivity contribution >= 4 is 6.29 Å². The Labute approximate surface area is 111 Å². The molecule has 5 heteroatoms. The summed E-state index contributed by atoms with van der Waals surface area (Å²) >= 11 is 0. The lowest BCUT2D eigenvalue weighted by Crippen LogP contribution is -2.04. The molecule has 0 N–H and O–H groups in total. The molecule has 0 radical (unpaired) electrons. The number of aromatic nitrogens is 3. The van der Waals surface area contributed by atoms with E-state index >= 15 is 0 Å². The van der Waals surface area contributed by atoms with Gasteiger partial charge in [0.1, 0.15) is 11.4 Å². The minimum atomic E-state index is 0.297. The fraction of sp³-hybridized carbons (Fsp3) is 0.214. The molecule has 2 aromatic rings. The summed E-state index contributed by atoms with van der Waals surface area (Å²) in [5, 5.41) is 7.89. The van der Waals surface area contributed by atoms with E-state index in [4.69, 9.17) is 4.74 Å². The highest BCUT2D eigenvalue weighted by atomic mass is 16.5. The van der Waals surface area contributed by atoms with E-state index in [2.05, 4.69) is 16.9 Å². The average Bonchev–Trinajstić information content (AvgIpc) is 2.80. The summed E-state index contributed by atoms with van der Waals surface area (Å²) < 4.78 is 6.98. The summed E-state index contributed by atoms with van der Waals surface area (Å²) in [5.41, 5.74) is 2.66. The summed E-state index contributed by atoms with van der Waals surface area (Å²) in [6.45, 7) is 6.26. The number of para-hydroxylation sites is 1. The van der Waals surface area contributed by atoms with Crippen LogP contribution < -0.4 is 4.74 Å². The molecule has 0 saturated heterocycles.